The first-order chi connectivity index (χ1) is 17.9. The van der Waals surface area contributed by atoms with Crippen LogP contribution in [0.4, 0.5) is 0 Å². The summed E-state index contributed by atoms with van der Waals surface area (Å²) in [6.07, 6.45) is 3.90. The summed E-state index contributed by atoms with van der Waals surface area (Å²) in [6, 6.07) is 10.3. The smallest absolute Gasteiger partial charge is 0.243 e. The van der Waals surface area contributed by atoms with Crippen LogP contribution in [0.5, 0.6) is 11.5 Å². The van der Waals surface area contributed by atoms with Crippen LogP contribution in [0.15, 0.2) is 36.4 Å². The normalized spacial score (nSPS) is 25.7. The molecule has 37 heavy (non-hydrogen) atoms. The Labute approximate surface area is 226 Å². The molecule has 2 bridgehead atoms. The van der Waals surface area contributed by atoms with Crippen LogP contribution in [-0.4, -0.2) is 61.6 Å². The van der Waals surface area contributed by atoms with E-state index in [0.717, 1.165) is 43.6 Å². The van der Waals surface area contributed by atoms with Crippen molar-refractivity contribution in [2.24, 2.45) is 5.92 Å². The minimum absolute atomic E-state index is 0.107. The van der Waals surface area contributed by atoms with E-state index in [0.29, 0.717) is 59.9 Å². The summed E-state index contributed by atoms with van der Waals surface area (Å²) in [6.45, 7) is 4.06. The first-order valence-corrected chi connectivity index (χ1v) is 13.8. The number of carbonyl (C=O) groups is 2. The molecule has 4 aliphatic heterocycles. The van der Waals surface area contributed by atoms with E-state index in [9.17, 15) is 9.59 Å². The summed E-state index contributed by atoms with van der Waals surface area (Å²) in [5.74, 6) is 1.52. The minimum Gasteiger partial charge on any atom is -0.486 e. The van der Waals surface area contributed by atoms with Crippen molar-refractivity contribution < 1.29 is 19.1 Å². The number of hydrogen-bond acceptors (Lipinski definition) is 5. The van der Waals surface area contributed by atoms with Crippen LogP contribution in [0, 0.1) is 5.92 Å². The molecule has 2 N–H and O–H groups in total. The number of halogens is 2. The summed E-state index contributed by atoms with van der Waals surface area (Å²) >= 11 is 12.6. The molecule has 4 fully saturated rings. The van der Waals surface area contributed by atoms with Gasteiger partial charge in [-0.25, -0.2) is 0 Å². The van der Waals surface area contributed by atoms with Crippen LogP contribution in [-0.2, 0) is 21.4 Å². The zero-order valence-corrected chi connectivity index (χ0v) is 22.1. The zero-order valence-electron chi connectivity index (χ0n) is 20.6. The van der Waals surface area contributed by atoms with Crippen molar-refractivity contribution in [3.63, 3.8) is 0 Å². The van der Waals surface area contributed by atoms with E-state index in [1.165, 1.54) is 0 Å². The van der Waals surface area contributed by atoms with Gasteiger partial charge >= 0.3 is 0 Å². The Hall–Kier alpha value is -2.48. The lowest BCUT2D eigenvalue weighted by Gasteiger charge is -2.45. The van der Waals surface area contributed by atoms with Gasteiger partial charge in [0.15, 0.2) is 11.5 Å². The Bertz CT molecular complexity index is 1210. The lowest BCUT2D eigenvalue weighted by molar-refractivity contribution is -0.131. The second-order valence-electron chi connectivity index (χ2n) is 10.7. The number of nitrogens with zero attached hydrogens (tertiary/aromatic N) is 1. The predicted molar refractivity (Wildman–Crippen MR) is 142 cm³/mol. The number of hydrogen-bond donors (Lipinski definition) is 2. The molecule has 7 nitrogen and oxygen atoms in total. The third kappa shape index (κ3) is 5.01. The number of rotatable bonds is 7. The van der Waals surface area contributed by atoms with E-state index in [1.54, 1.807) is 12.1 Å². The number of ether oxygens (including phenoxy) is 2. The number of fused-ring (bicyclic) bond motifs is 4. The highest BCUT2D eigenvalue weighted by Gasteiger charge is 2.53. The second-order valence-corrected chi connectivity index (χ2v) is 11.5. The molecule has 0 aromatic heterocycles. The predicted octanol–water partition coefficient (Wildman–Crippen LogP) is 3.73. The van der Waals surface area contributed by atoms with Crippen molar-refractivity contribution in [1.29, 1.82) is 0 Å². The monoisotopic (exact) mass is 543 g/mol. The first-order valence-electron chi connectivity index (χ1n) is 13.1. The maximum absolute atomic E-state index is 13.7. The van der Waals surface area contributed by atoms with E-state index in [2.05, 4.69) is 15.5 Å². The zero-order chi connectivity index (χ0) is 25.6. The quantitative estimate of drug-likeness (QED) is 0.556. The standard InChI is InChI=1S/C28H31Cl2N3O4/c29-19-2-3-20(21(30)15-19)28(7-8-28)27(35)32-22(13-17-1-4-24-25(14-17)37-12-11-36-24)26(34)31-23-16-33-9-5-18(23)6-10-33/h1-4,14-15,18,22-23H,5-13,16H2,(H,31,34)(H,32,35)/t22-,23-/m0/s1. The molecule has 2 aromatic carbocycles. The highest BCUT2D eigenvalue weighted by molar-refractivity contribution is 6.35. The van der Waals surface area contributed by atoms with E-state index >= 15 is 0 Å². The van der Waals surface area contributed by atoms with E-state index < -0.39 is 11.5 Å². The van der Waals surface area contributed by atoms with Crippen LogP contribution >= 0.6 is 23.2 Å². The van der Waals surface area contributed by atoms with Crippen molar-refractivity contribution in [2.75, 3.05) is 32.8 Å². The number of piperidine rings is 3. The molecule has 1 aliphatic carbocycles. The second kappa shape index (κ2) is 10.0. The molecule has 196 valence electrons. The van der Waals surface area contributed by atoms with Crippen LogP contribution < -0.4 is 20.1 Å². The van der Waals surface area contributed by atoms with E-state index in [4.69, 9.17) is 32.7 Å². The number of amides is 2. The largest absolute Gasteiger partial charge is 0.486 e. The summed E-state index contributed by atoms with van der Waals surface area (Å²) in [5.41, 5.74) is 0.919. The fraction of sp³-hybridized carbons (Fsp3) is 0.500. The summed E-state index contributed by atoms with van der Waals surface area (Å²) in [4.78, 5) is 29.8. The van der Waals surface area contributed by atoms with Gasteiger partial charge in [0.25, 0.3) is 0 Å². The van der Waals surface area contributed by atoms with Gasteiger partial charge in [0, 0.05) is 29.1 Å². The van der Waals surface area contributed by atoms with Crippen molar-refractivity contribution in [1.82, 2.24) is 15.5 Å². The van der Waals surface area contributed by atoms with Gasteiger partial charge in [-0.1, -0.05) is 35.3 Å². The van der Waals surface area contributed by atoms with Gasteiger partial charge in [0.2, 0.25) is 11.8 Å². The van der Waals surface area contributed by atoms with Gasteiger partial charge < -0.3 is 25.0 Å². The van der Waals surface area contributed by atoms with Crippen LogP contribution in [0.1, 0.15) is 36.8 Å². The maximum atomic E-state index is 13.7. The SMILES string of the molecule is O=C(N[C@H]1CN2CCC1CC2)[C@H](Cc1ccc2c(c1)OCCO2)NC(=O)C1(c2ccc(Cl)cc2Cl)CC1. The maximum Gasteiger partial charge on any atom is 0.243 e. The highest BCUT2D eigenvalue weighted by atomic mass is 35.5. The van der Waals surface area contributed by atoms with Gasteiger partial charge in [-0.3, -0.25) is 9.59 Å². The molecular weight excluding hydrogens is 513 g/mol. The van der Waals surface area contributed by atoms with Crippen LogP contribution in [0.25, 0.3) is 0 Å². The van der Waals surface area contributed by atoms with E-state index in [-0.39, 0.29) is 17.9 Å². The number of carbonyl (C=O) groups excluding carboxylic acids is 2. The lowest BCUT2D eigenvalue weighted by atomic mass is 9.84. The van der Waals surface area contributed by atoms with Gasteiger partial charge in [-0.15, -0.1) is 0 Å². The molecule has 0 unspecified atom stereocenters. The molecule has 5 aliphatic rings. The summed E-state index contributed by atoms with van der Waals surface area (Å²) in [5, 5.41) is 7.37. The molecule has 2 aromatic rings. The molecule has 0 spiro atoms. The lowest BCUT2D eigenvalue weighted by Crippen LogP contribution is -2.60. The topological polar surface area (TPSA) is 79.9 Å². The Morgan fingerprint density at radius 1 is 1.03 bits per heavy atom. The molecule has 2 amide bonds. The molecule has 2 atom stereocenters. The Balaban J connectivity index is 1.23. The third-order valence-corrected chi connectivity index (χ3v) is 8.83. The first kappa shape index (κ1) is 24.8. The van der Waals surface area contributed by atoms with Crippen molar-refractivity contribution in [2.45, 2.75) is 49.6 Å². The summed E-state index contributed by atoms with van der Waals surface area (Å²) in [7, 11) is 0. The van der Waals surface area contributed by atoms with Gasteiger partial charge in [-0.2, -0.15) is 0 Å². The van der Waals surface area contributed by atoms with Crippen molar-refractivity contribution in [3.8, 4) is 11.5 Å². The van der Waals surface area contributed by atoms with Crippen LogP contribution in [0.3, 0.4) is 0 Å². The molecule has 4 heterocycles. The minimum atomic E-state index is -0.734. The van der Waals surface area contributed by atoms with E-state index in [1.807, 2.05) is 24.3 Å². The fourth-order valence-electron chi connectivity index (χ4n) is 5.99. The Kier molecular flexibility index (Phi) is 6.72. The van der Waals surface area contributed by atoms with Crippen LogP contribution in [0.2, 0.25) is 10.0 Å². The highest BCUT2D eigenvalue weighted by Crippen LogP contribution is 2.51. The molecule has 0 radical (unpaired) electrons. The summed E-state index contributed by atoms with van der Waals surface area (Å²) < 4.78 is 11.4. The molecule has 9 heteroatoms. The molecule has 3 saturated heterocycles. The average molecular weight is 544 g/mol. The average Bonchev–Trinajstić information content (AvgIpc) is 3.71. The third-order valence-electron chi connectivity index (χ3n) is 8.28. The molecule has 7 rings (SSSR count). The molecule has 1 saturated carbocycles. The Morgan fingerprint density at radius 3 is 2.46 bits per heavy atom. The van der Waals surface area contributed by atoms with Crippen molar-refractivity contribution >= 4 is 35.0 Å². The fourth-order valence-corrected chi connectivity index (χ4v) is 6.58. The van der Waals surface area contributed by atoms with Crippen molar-refractivity contribution in [3.05, 3.63) is 57.6 Å². The molecular formula is C28H31Cl2N3O4. The number of nitrogens with one attached hydrogen (secondary N) is 2. The van der Waals surface area contributed by atoms with Gasteiger partial charge in [0.05, 0.1) is 5.41 Å². The number of benzene rings is 2. The van der Waals surface area contributed by atoms with Gasteiger partial charge in [0.1, 0.15) is 19.3 Å². The van der Waals surface area contributed by atoms with Gasteiger partial charge in [-0.05, 0) is 80.1 Å². The Morgan fingerprint density at radius 2 is 1.78 bits per heavy atom.